The normalized spacial score (nSPS) is 18.4. The van der Waals surface area contributed by atoms with Crippen molar-refractivity contribution in [2.24, 2.45) is 0 Å². The van der Waals surface area contributed by atoms with Crippen molar-refractivity contribution in [1.29, 1.82) is 0 Å². The second-order valence-corrected chi connectivity index (χ2v) is 1.31. The van der Waals surface area contributed by atoms with E-state index in [1.54, 1.807) is 0 Å². The summed E-state index contributed by atoms with van der Waals surface area (Å²) in [7, 11) is 0. The van der Waals surface area contributed by atoms with Crippen LogP contribution in [0.1, 0.15) is 7.43 Å². The first kappa shape index (κ1) is 10.8. The summed E-state index contributed by atoms with van der Waals surface area (Å²) < 4.78 is 0. The Hall–Kier alpha value is 0.920. The van der Waals surface area contributed by atoms with Crippen molar-refractivity contribution in [2.75, 3.05) is 13.1 Å². The van der Waals surface area contributed by atoms with Crippen LogP contribution in [-0.4, -0.2) is 53.9 Å². The summed E-state index contributed by atoms with van der Waals surface area (Å²) in [5.41, 5.74) is 0. The maximum absolute atomic E-state index is 8.39. The molecule has 3 heteroatoms. The molecule has 0 aliphatic carbocycles. The average molecular weight is 113 g/mol. The number of hydrogen-bond donors (Lipinski definition) is 2. The summed E-state index contributed by atoms with van der Waals surface area (Å²) in [6, 6.07) is 0. The van der Waals surface area contributed by atoms with Gasteiger partial charge in [-0.2, -0.15) is 0 Å². The molecule has 0 unspecified atom stereocenters. The van der Waals surface area contributed by atoms with Crippen molar-refractivity contribution in [3.8, 4) is 0 Å². The van der Waals surface area contributed by atoms with Crippen LogP contribution in [0.5, 0.6) is 0 Å². The average Bonchev–Trinajstić information content (AvgIpc) is 1.30. The molecule has 2 N–H and O–H groups in total. The van der Waals surface area contributed by atoms with Crippen LogP contribution in [0, 0.1) is 0 Å². The molecule has 2 nitrogen and oxygen atoms in total. The molecule has 7 heavy (non-hydrogen) atoms. The van der Waals surface area contributed by atoms with Crippen molar-refractivity contribution >= 4 is 29.6 Å². The van der Waals surface area contributed by atoms with Crippen molar-refractivity contribution in [3.05, 3.63) is 0 Å². The van der Waals surface area contributed by atoms with Gasteiger partial charge in [0.25, 0.3) is 0 Å². The number of nitrogens with one attached hydrogen (secondary N) is 1. The van der Waals surface area contributed by atoms with Gasteiger partial charge in [-0.15, -0.1) is 0 Å². The van der Waals surface area contributed by atoms with Crippen LogP contribution in [0.25, 0.3) is 0 Å². The van der Waals surface area contributed by atoms with Gasteiger partial charge < -0.3 is 10.4 Å². The summed E-state index contributed by atoms with van der Waals surface area (Å²) in [5, 5.41) is 11.3. The van der Waals surface area contributed by atoms with Gasteiger partial charge in [0, 0.05) is 13.1 Å². The van der Waals surface area contributed by atoms with Gasteiger partial charge in [-0.25, -0.2) is 0 Å². The molecule has 0 spiro atoms. The predicted molar refractivity (Wildman–Crippen MR) is 32.8 cm³/mol. The van der Waals surface area contributed by atoms with E-state index >= 15 is 0 Å². The fraction of sp³-hybridized carbons (Fsp3) is 1.00. The Bertz CT molecular complexity index is 38.7. The number of rotatable bonds is 0. The fourth-order valence-electron chi connectivity index (χ4n) is 0.273. The standard InChI is InChI=1S/C3H7NO.CH4.Na.H/c5-3-1-4-2-3;;;/h3-5H,1-2H2;1H4;;. The van der Waals surface area contributed by atoms with Crippen LogP contribution in [0.4, 0.5) is 0 Å². The van der Waals surface area contributed by atoms with E-state index in [4.69, 9.17) is 5.11 Å². The first-order valence-electron chi connectivity index (χ1n) is 1.78. The van der Waals surface area contributed by atoms with Gasteiger partial charge in [0.15, 0.2) is 0 Å². The molecule has 0 atom stereocenters. The Morgan fingerprint density at radius 3 is 1.71 bits per heavy atom. The zero-order valence-corrected chi connectivity index (χ0v) is 2.94. The molecule has 0 radical (unpaired) electrons. The Balaban J connectivity index is 0. The molecule has 1 aliphatic rings. The summed E-state index contributed by atoms with van der Waals surface area (Å²) in [5.74, 6) is 0. The van der Waals surface area contributed by atoms with Gasteiger partial charge in [0.1, 0.15) is 0 Å². The third-order valence-electron chi connectivity index (χ3n) is 0.760. The Morgan fingerprint density at radius 1 is 1.43 bits per heavy atom. The zero-order chi connectivity index (χ0) is 3.70. The van der Waals surface area contributed by atoms with Gasteiger partial charge >= 0.3 is 29.6 Å². The fourth-order valence-corrected chi connectivity index (χ4v) is 0.273. The van der Waals surface area contributed by atoms with Crippen LogP contribution in [0.3, 0.4) is 0 Å². The second-order valence-electron chi connectivity index (χ2n) is 1.31. The number of hydrogen-bond acceptors (Lipinski definition) is 2. The van der Waals surface area contributed by atoms with Crippen LogP contribution in [-0.2, 0) is 0 Å². The van der Waals surface area contributed by atoms with Crippen LogP contribution in [0.15, 0.2) is 0 Å². The SMILES string of the molecule is C.OC1CNC1.[NaH]. The van der Waals surface area contributed by atoms with E-state index in [9.17, 15) is 0 Å². The maximum atomic E-state index is 8.39. The first-order valence-corrected chi connectivity index (χ1v) is 1.78. The Labute approximate surface area is 66.6 Å². The first-order chi connectivity index (χ1) is 2.39. The van der Waals surface area contributed by atoms with Crippen LogP contribution in [0.2, 0.25) is 0 Å². The summed E-state index contributed by atoms with van der Waals surface area (Å²) >= 11 is 0. The van der Waals surface area contributed by atoms with E-state index < -0.39 is 0 Å². The minimum atomic E-state index is -0.0463. The number of aliphatic hydroxyl groups excluding tert-OH is 1. The second kappa shape index (κ2) is 5.06. The number of aliphatic hydroxyl groups is 1. The molecule has 1 heterocycles. The predicted octanol–water partition coefficient (Wildman–Crippen LogP) is -1.06. The molecule has 0 amide bonds. The van der Waals surface area contributed by atoms with Gasteiger partial charge in [-0.1, -0.05) is 7.43 Å². The van der Waals surface area contributed by atoms with Crippen molar-refractivity contribution in [1.82, 2.24) is 5.32 Å². The van der Waals surface area contributed by atoms with E-state index in [2.05, 4.69) is 5.32 Å². The third kappa shape index (κ3) is 3.50. The molecular weight excluding hydrogens is 101 g/mol. The Kier molecular flexibility index (Phi) is 7.83. The van der Waals surface area contributed by atoms with Gasteiger partial charge in [0.2, 0.25) is 0 Å². The molecule has 0 aromatic heterocycles. The van der Waals surface area contributed by atoms with Crippen LogP contribution >= 0.6 is 0 Å². The van der Waals surface area contributed by atoms with Crippen molar-refractivity contribution in [2.45, 2.75) is 13.5 Å². The van der Waals surface area contributed by atoms with E-state index in [1.165, 1.54) is 0 Å². The van der Waals surface area contributed by atoms with Gasteiger partial charge in [-0.3, -0.25) is 0 Å². The van der Waals surface area contributed by atoms with Gasteiger partial charge in [-0.05, 0) is 0 Å². The molecule has 0 aromatic rings. The minimum absolute atomic E-state index is 0. The topological polar surface area (TPSA) is 32.3 Å². The van der Waals surface area contributed by atoms with Crippen molar-refractivity contribution < 1.29 is 5.11 Å². The molecule has 40 valence electrons. The Morgan fingerprint density at radius 2 is 1.71 bits per heavy atom. The molecule has 0 aromatic carbocycles. The quantitative estimate of drug-likeness (QED) is 0.392. The summed E-state index contributed by atoms with van der Waals surface area (Å²) in [6.45, 7) is 1.58. The monoisotopic (exact) mass is 113 g/mol. The van der Waals surface area contributed by atoms with E-state index in [0.717, 1.165) is 13.1 Å². The number of β-amino-alcohol motifs (C(OH)–C–C–N with tert-alkyl or cyclic N) is 1. The van der Waals surface area contributed by atoms with E-state index in [-0.39, 0.29) is 43.1 Å². The third-order valence-corrected chi connectivity index (χ3v) is 0.760. The van der Waals surface area contributed by atoms with Gasteiger partial charge in [0.05, 0.1) is 6.10 Å². The summed E-state index contributed by atoms with van der Waals surface area (Å²) in [6.07, 6.45) is -0.0463. The molecular formula is C4H12NNaO. The van der Waals surface area contributed by atoms with Crippen LogP contribution < -0.4 is 5.32 Å². The van der Waals surface area contributed by atoms with E-state index in [0.29, 0.717) is 0 Å². The molecule has 0 bridgehead atoms. The molecule has 0 saturated carbocycles. The zero-order valence-electron chi connectivity index (χ0n) is 2.94. The molecule has 1 fully saturated rings. The summed E-state index contributed by atoms with van der Waals surface area (Å²) in [4.78, 5) is 0. The molecule has 1 saturated heterocycles. The molecule has 1 rings (SSSR count). The van der Waals surface area contributed by atoms with E-state index in [1.807, 2.05) is 0 Å². The van der Waals surface area contributed by atoms with Crippen molar-refractivity contribution in [3.63, 3.8) is 0 Å². The molecule has 1 aliphatic heterocycles.